The Bertz CT molecular complexity index is 244. The molecule has 0 amide bonds. The van der Waals surface area contributed by atoms with Gasteiger partial charge in [0.2, 0.25) is 0 Å². The molecule has 0 saturated heterocycles. The molecule has 1 aromatic rings. The molecule has 62 valence electrons. The van der Waals surface area contributed by atoms with E-state index in [4.69, 9.17) is 48.7 Å². The zero-order chi connectivity index (χ0) is 8.65. The third-order valence-corrected chi connectivity index (χ3v) is 7.26. The van der Waals surface area contributed by atoms with E-state index in [-0.39, 0.29) is 0 Å². The summed E-state index contributed by atoms with van der Waals surface area (Å²) in [6.45, 7) is 0. The van der Waals surface area contributed by atoms with E-state index >= 15 is 0 Å². The zero-order valence-electron chi connectivity index (χ0n) is 4.99. The van der Waals surface area contributed by atoms with Crippen LogP contribution in [0.5, 0.6) is 0 Å². The number of hydrogen-bond acceptors (Lipinski definition) is 0. The molecule has 0 bridgehead atoms. The fourth-order valence-electron chi connectivity index (χ4n) is 0.551. The maximum absolute atomic E-state index is 5.73. The molecule has 0 N–H and O–H groups in total. The van der Waals surface area contributed by atoms with Crippen molar-refractivity contribution in [1.82, 2.24) is 2.51 Å². The van der Waals surface area contributed by atoms with Crippen molar-refractivity contribution < 1.29 is 17.0 Å². The predicted octanol–water partition coefficient (Wildman–Crippen LogP) is 4.17. The minimum absolute atomic E-state index is 0.412. The van der Waals surface area contributed by atoms with E-state index in [1.807, 2.05) is 0 Å². The van der Waals surface area contributed by atoms with Gasteiger partial charge in [0.1, 0.15) is 0 Å². The van der Waals surface area contributed by atoms with Crippen molar-refractivity contribution in [3.05, 3.63) is 22.4 Å². The first-order valence-electron chi connectivity index (χ1n) is 2.51. The standard InChI is InChI=1S/C4H2Cl2N.3ClH.Zr/c5-3-1-7-2-4(3)6;;;;/h1-2H;3*1H;/q-1;;;;+4/p-3. The van der Waals surface area contributed by atoms with Crippen LogP contribution < -0.4 is 0 Å². The molecule has 0 aromatic carbocycles. The molecule has 7 heteroatoms. The van der Waals surface area contributed by atoms with Crippen LogP contribution in [0.2, 0.25) is 10.0 Å². The van der Waals surface area contributed by atoms with E-state index in [9.17, 15) is 0 Å². The van der Waals surface area contributed by atoms with Gasteiger partial charge in [-0.1, -0.05) is 0 Å². The summed E-state index contributed by atoms with van der Waals surface area (Å²) >= 11 is 7.71. The molecular weight excluding hydrogens is 331 g/mol. The fourth-order valence-corrected chi connectivity index (χ4v) is 4.35. The average molecular weight is 333 g/mol. The monoisotopic (exact) mass is 329 g/mol. The van der Waals surface area contributed by atoms with Crippen LogP contribution in [0.15, 0.2) is 12.4 Å². The van der Waals surface area contributed by atoms with Gasteiger partial charge >= 0.3 is 90.7 Å². The second-order valence-electron chi connectivity index (χ2n) is 1.83. The van der Waals surface area contributed by atoms with Gasteiger partial charge in [-0.3, -0.25) is 0 Å². The van der Waals surface area contributed by atoms with Crippen LogP contribution in [0.4, 0.5) is 0 Å². The minimum atomic E-state index is -3.57. The predicted molar refractivity (Wildman–Crippen MR) is 47.4 cm³/mol. The van der Waals surface area contributed by atoms with E-state index in [0.717, 1.165) is 0 Å². The van der Waals surface area contributed by atoms with Gasteiger partial charge in [0.25, 0.3) is 0 Å². The van der Waals surface area contributed by atoms with Crippen LogP contribution in [0, 0.1) is 0 Å². The summed E-state index contributed by atoms with van der Waals surface area (Å²) in [6.07, 6.45) is 3.07. The van der Waals surface area contributed by atoms with Crippen molar-refractivity contribution in [2.75, 3.05) is 0 Å². The number of nitrogens with zero attached hydrogens (tertiary/aromatic N) is 1. The molecule has 1 rings (SSSR count). The Labute approximate surface area is 89.6 Å². The number of halogens is 5. The van der Waals surface area contributed by atoms with Crippen LogP contribution >= 0.6 is 48.7 Å². The van der Waals surface area contributed by atoms with Crippen molar-refractivity contribution in [3.63, 3.8) is 0 Å². The molecule has 1 nitrogen and oxygen atoms in total. The Balaban J connectivity index is 3.08. The Morgan fingerprint density at radius 3 is 1.55 bits per heavy atom. The topological polar surface area (TPSA) is 4.93 Å². The van der Waals surface area contributed by atoms with Crippen LogP contribution in [0.3, 0.4) is 0 Å². The first kappa shape index (κ1) is 10.7. The van der Waals surface area contributed by atoms with E-state index in [1.165, 1.54) is 14.9 Å². The molecule has 0 radical (unpaired) electrons. The second kappa shape index (κ2) is 3.78. The molecule has 1 heterocycles. The SMILES string of the molecule is Clc1c[n]([Zr]([Cl])([Cl])[Cl])cc1Cl. The molecule has 11 heavy (non-hydrogen) atoms. The van der Waals surface area contributed by atoms with Crippen LogP contribution in [-0.4, -0.2) is 2.51 Å². The molecule has 0 saturated carbocycles. The zero-order valence-corrected chi connectivity index (χ0v) is 11.2. The van der Waals surface area contributed by atoms with Gasteiger partial charge in [0, 0.05) is 0 Å². The van der Waals surface area contributed by atoms with Gasteiger partial charge in [-0.15, -0.1) is 0 Å². The van der Waals surface area contributed by atoms with Gasteiger partial charge in [-0.25, -0.2) is 0 Å². The summed E-state index contributed by atoms with van der Waals surface area (Å²) in [7, 11) is 17.2. The van der Waals surface area contributed by atoms with Gasteiger partial charge < -0.3 is 0 Å². The molecule has 0 aliphatic rings. The molecule has 0 aliphatic heterocycles. The molecule has 0 spiro atoms. The molecular formula is C4H2Cl5NZr. The Hall–Kier alpha value is 1.61. The number of rotatable bonds is 1. The Kier molecular flexibility index (Phi) is 3.67. The van der Waals surface area contributed by atoms with Crippen molar-refractivity contribution >= 4 is 48.7 Å². The molecule has 0 aliphatic carbocycles. The van der Waals surface area contributed by atoms with Crippen molar-refractivity contribution in [1.29, 1.82) is 0 Å². The van der Waals surface area contributed by atoms with Crippen molar-refractivity contribution in [2.24, 2.45) is 0 Å². The summed E-state index contributed by atoms with van der Waals surface area (Å²) in [5.41, 5.74) is 0. The molecule has 0 atom stereocenters. The van der Waals surface area contributed by atoms with Gasteiger partial charge in [-0.2, -0.15) is 0 Å². The average Bonchev–Trinajstić information content (AvgIpc) is 2.11. The molecule has 1 aromatic heterocycles. The normalized spacial score (nSPS) is 12.1. The molecule has 0 unspecified atom stereocenters. The first-order valence-corrected chi connectivity index (χ1v) is 13.9. The number of aromatic nitrogens is 1. The fraction of sp³-hybridized carbons (Fsp3) is 0. The van der Waals surface area contributed by atoms with Crippen molar-refractivity contribution in [3.8, 4) is 0 Å². The quantitative estimate of drug-likeness (QED) is 0.727. The van der Waals surface area contributed by atoms with Gasteiger partial charge in [0.15, 0.2) is 0 Å². The van der Waals surface area contributed by atoms with Crippen LogP contribution in [0.25, 0.3) is 0 Å². The third-order valence-electron chi connectivity index (χ3n) is 1.03. The van der Waals surface area contributed by atoms with E-state index < -0.39 is 17.0 Å². The van der Waals surface area contributed by atoms with Gasteiger partial charge in [-0.05, 0) is 0 Å². The summed E-state index contributed by atoms with van der Waals surface area (Å²) in [5.74, 6) is 0. The Morgan fingerprint density at radius 2 is 1.36 bits per heavy atom. The van der Waals surface area contributed by atoms with Crippen molar-refractivity contribution in [2.45, 2.75) is 0 Å². The summed E-state index contributed by atoms with van der Waals surface area (Å²) < 4.78 is 1.50. The maximum atomic E-state index is 5.73. The summed E-state index contributed by atoms with van der Waals surface area (Å²) in [6, 6.07) is 0. The summed E-state index contributed by atoms with van der Waals surface area (Å²) in [5, 5.41) is 0.824. The second-order valence-corrected chi connectivity index (χ2v) is 19.4. The van der Waals surface area contributed by atoms with Crippen LogP contribution in [0.1, 0.15) is 0 Å². The van der Waals surface area contributed by atoms with Gasteiger partial charge in [0.05, 0.1) is 0 Å². The first-order chi connectivity index (χ1) is 4.91. The molecule has 0 fully saturated rings. The van der Waals surface area contributed by atoms with E-state index in [2.05, 4.69) is 0 Å². The third kappa shape index (κ3) is 2.79. The summed E-state index contributed by atoms with van der Waals surface area (Å²) in [4.78, 5) is 0. The van der Waals surface area contributed by atoms with E-state index in [0.29, 0.717) is 10.0 Å². The Morgan fingerprint density at radius 1 is 1.00 bits per heavy atom. The van der Waals surface area contributed by atoms with Crippen LogP contribution in [-0.2, 0) is 17.0 Å². The van der Waals surface area contributed by atoms with E-state index in [1.54, 1.807) is 0 Å². The number of hydrogen-bond donors (Lipinski definition) is 0.